The molecule has 3 rings (SSSR count). The van der Waals surface area contributed by atoms with Crippen molar-refractivity contribution < 1.29 is 0 Å². The Hall–Kier alpha value is -1.00. The van der Waals surface area contributed by atoms with Gasteiger partial charge in [-0.15, -0.1) is 18.3 Å². The number of hydrogen-bond donors (Lipinski definition) is 1. The van der Waals surface area contributed by atoms with Crippen LogP contribution >= 0.6 is 11.8 Å². The fourth-order valence-corrected chi connectivity index (χ4v) is 3.49. The van der Waals surface area contributed by atoms with Crippen LogP contribution in [0.1, 0.15) is 12.5 Å². The number of thioether (sulfide) groups is 1. The summed E-state index contributed by atoms with van der Waals surface area (Å²) in [5.41, 5.74) is 1.40. The number of pyridine rings is 1. The zero-order valence-electron chi connectivity index (χ0n) is 10.7. The number of nitrogens with one attached hydrogen (secondary N) is 1. The van der Waals surface area contributed by atoms with Gasteiger partial charge in [0.15, 0.2) is 0 Å². The molecule has 0 bridgehead atoms. The maximum Gasteiger partial charge on any atom is 0.133 e. The average Bonchev–Trinajstić information content (AvgIpc) is 2.75. The summed E-state index contributed by atoms with van der Waals surface area (Å²) in [5.74, 6) is 2.13. The number of fused-ring (bicyclic) bond motifs is 3. The second-order valence-electron chi connectivity index (χ2n) is 5.00. The van der Waals surface area contributed by atoms with Crippen LogP contribution in [0.3, 0.4) is 0 Å². The van der Waals surface area contributed by atoms with Gasteiger partial charge in [0, 0.05) is 30.9 Å². The third kappa shape index (κ3) is 2.04. The quantitative estimate of drug-likeness (QED) is 0.666. The molecule has 0 aliphatic carbocycles. The number of rotatable bonds is 3. The highest BCUT2D eigenvalue weighted by atomic mass is 32.2. The molecule has 2 atom stereocenters. The highest BCUT2D eigenvalue weighted by Crippen LogP contribution is 2.34. The Morgan fingerprint density at radius 1 is 1.56 bits per heavy atom. The van der Waals surface area contributed by atoms with Crippen LogP contribution in [0.15, 0.2) is 29.8 Å². The maximum atomic E-state index is 4.84. The van der Waals surface area contributed by atoms with Crippen molar-refractivity contribution in [3.63, 3.8) is 0 Å². The molecule has 0 radical (unpaired) electrons. The van der Waals surface area contributed by atoms with Crippen molar-refractivity contribution in [2.45, 2.75) is 30.5 Å². The molecule has 1 unspecified atom stereocenters. The van der Waals surface area contributed by atoms with Crippen LogP contribution in [-0.4, -0.2) is 35.9 Å². The van der Waals surface area contributed by atoms with E-state index in [1.54, 1.807) is 11.8 Å². The number of piperazine rings is 1. The molecule has 4 heteroatoms. The molecule has 1 fully saturated rings. The van der Waals surface area contributed by atoms with Gasteiger partial charge >= 0.3 is 0 Å². The summed E-state index contributed by atoms with van der Waals surface area (Å²) < 4.78 is 0. The van der Waals surface area contributed by atoms with E-state index in [0.29, 0.717) is 12.1 Å². The molecule has 1 N–H and O–H groups in total. The van der Waals surface area contributed by atoms with E-state index in [1.807, 2.05) is 6.08 Å². The van der Waals surface area contributed by atoms with Gasteiger partial charge in [-0.05, 0) is 25.0 Å². The van der Waals surface area contributed by atoms with Gasteiger partial charge in [0.05, 0.1) is 5.03 Å². The van der Waals surface area contributed by atoms with Gasteiger partial charge in [0.2, 0.25) is 0 Å². The fourth-order valence-electron chi connectivity index (χ4n) is 2.89. The lowest BCUT2D eigenvalue weighted by Crippen LogP contribution is -2.55. The summed E-state index contributed by atoms with van der Waals surface area (Å²) in [6.45, 7) is 8.17. The predicted octanol–water partition coefficient (Wildman–Crippen LogP) is 2.08. The molecular formula is C14H19N3S. The molecule has 0 aromatic carbocycles. The van der Waals surface area contributed by atoms with E-state index in [0.717, 1.165) is 30.3 Å². The Labute approximate surface area is 113 Å². The minimum atomic E-state index is 0.539. The Morgan fingerprint density at radius 3 is 3.28 bits per heavy atom. The molecule has 1 saturated heterocycles. The van der Waals surface area contributed by atoms with Crippen molar-refractivity contribution in [2.24, 2.45) is 0 Å². The normalized spacial score (nSPS) is 25.7. The standard InChI is InChI=1S/C14H19N3S/c1-3-6-18-13-5-4-11-7-12-9-15-8-10(2)17(12)14(11)16-13/h3-5,10,12,15H,1,6-9H2,2H3/t10-,12?/m1/s1. The minimum Gasteiger partial charge on any atom is -0.348 e. The molecular weight excluding hydrogens is 242 g/mol. The largest absolute Gasteiger partial charge is 0.348 e. The first kappa shape index (κ1) is 12.1. The lowest BCUT2D eigenvalue weighted by molar-refractivity contribution is 0.427. The van der Waals surface area contributed by atoms with Crippen LogP contribution in [0.2, 0.25) is 0 Å². The molecule has 1 aromatic rings. The molecule has 0 amide bonds. The molecule has 3 heterocycles. The van der Waals surface area contributed by atoms with E-state index in [9.17, 15) is 0 Å². The van der Waals surface area contributed by atoms with Crippen LogP contribution in [0.5, 0.6) is 0 Å². The Balaban J connectivity index is 1.89. The van der Waals surface area contributed by atoms with Crippen molar-refractivity contribution in [3.8, 4) is 0 Å². The highest BCUT2D eigenvalue weighted by molar-refractivity contribution is 7.99. The summed E-state index contributed by atoms with van der Waals surface area (Å²) in [7, 11) is 0. The van der Waals surface area contributed by atoms with Crippen LogP contribution in [0, 0.1) is 0 Å². The van der Waals surface area contributed by atoms with Gasteiger partial charge in [-0.25, -0.2) is 4.98 Å². The van der Waals surface area contributed by atoms with Crippen LogP contribution < -0.4 is 10.2 Å². The molecule has 2 aliphatic rings. The lowest BCUT2D eigenvalue weighted by atomic mass is 10.1. The minimum absolute atomic E-state index is 0.539. The summed E-state index contributed by atoms with van der Waals surface area (Å²) in [6.07, 6.45) is 3.06. The van der Waals surface area contributed by atoms with E-state index < -0.39 is 0 Å². The van der Waals surface area contributed by atoms with Crippen molar-refractivity contribution in [3.05, 3.63) is 30.4 Å². The Kier molecular flexibility index (Phi) is 3.31. The fraction of sp³-hybridized carbons (Fsp3) is 0.500. The molecule has 0 saturated carbocycles. The number of aromatic nitrogens is 1. The van der Waals surface area contributed by atoms with Gasteiger partial charge < -0.3 is 10.2 Å². The van der Waals surface area contributed by atoms with Crippen LogP contribution in [0.25, 0.3) is 0 Å². The van der Waals surface area contributed by atoms with Gasteiger partial charge in [0.1, 0.15) is 5.82 Å². The van der Waals surface area contributed by atoms with E-state index in [4.69, 9.17) is 4.98 Å². The zero-order valence-corrected chi connectivity index (χ0v) is 11.5. The highest BCUT2D eigenvalue weighted by Gasteiger charge is 2.36. The van der Waals surface area contributed by atoms with E-state index in [1.165, 1.54) is 11.4 Å². The van der Waals surface area contributed by atoms with Gasteiger partial charge in [-0.3, -0.25) is 0 Å². The monoisotopic (exact) mass is 261 g/mol. The second-order valence-corrected chi connectivity index (χ2v) is 6.04. The topological polar surface area (TPSA) is 28.2 Å². The molecule has 18 heavy (non-hydrogen) atoms. The van der Waals surface area contributed by atoms with E-state index >= 15 is 0 Å². The Morgan fingerprint density at radius 2 is 2.44 bits per heavy atom. The van der Waals surface area contributed by atoms with Crippen molar-refractivity contribution in [1.29, 1.82) is 0 Å². The second kappa shape index (κ2) is 4.94. The third-order valence-electron chi connectivity index (χ3n) is 3.67. The van der Waals surface area contributed by atoms with E-state index in [2.05, 4.69) is 35.9 Å². The SMILES string of the molecule is C=CCSc1ccc2c(n1)N1C(CNC[C@H]1C)C2. The van der Waals surface area contributed by atoms with Gasteiger partial charge in [-0.2, -0.15) is 0 Å². The number of nitrogens with zero attached hydrogens (tertiary/aromatic N) is 2. The van der Waals surface area contributed by atoms with Gasteiger partial charge in [0.25, 0.3) is 0 Å². The average molecular weight is 261 g/mol. The molecule has 96 valence electrons. The first-order chi connectivity index (χ1) is 8.79. The summed E-state index contributed by atoms with van der Waals surface area (Å²) >= 11 is 1.76. The smallest absolute Gasteiger partial charge is 0.133 e. The van der Waals surface area contributed by atoms with Crippen LogP contribution in [-0.2, 0) is 6.42 Å². The van der Waals surface area contributed by atoms with E-state index in [-0.39, 0.29) is 0 Å². The number of hydrogen-bond acceptors (Lipinski definition) is 4. The van der Waals surface area contributed by atoms with Crippen molar-refractivity contribution >= 4 is 17.6 Å². The van der Waals surface area contributed by atoms with Gasteiger partial charge in [-0.1, -0.05) is 12.1 Å². The number of anilines is 1. The predicted molar refractivity (Wildman–Crippen MR) is 77.5 cm³/mol. The Bertz CT molecular complexity index is 460. The molecule has 2 aliphatic heterocycles. The summed E-state index contributed by atoms with van der Waals surface area (Å²) in [4.78, 5) is 7.34. The lowest BCUT2D eigenvalue weighted by Gasteiger charge is -2.37. The summed E-state index contributed by atoms with van der Waals surface area (Å²) in [5, 5.41) is 4.61. The molecule has 3 nitrogen and oxygen atoms in total. The summed E-state index contributed by atoms with van der Waals surface area (Å²) in [6, 6.07) is 5.52. The molecule has 0 spiro atoms. The van der Waals surface area contributed by atoms with Crippen LogP contribution in [0.4, 0.5) is 5.82 Å². The third-order valence-corrected chi connectivity index (χ3v) is 4.59. The first-order valence-electron chi connectivity index (χ1n) is 6.52. The van der Waals surface area contributed by atoms with Crippen molar-refractivity contribution in [1.82, 2.24) is 10.3 Å². The zero-order chi connectivity index (χ0) is 12.5. The first-order valence-corrected chi connectivity index (χ1v) is 7.51. The maximum absolute atomic E-state index is 4.84. The van der Waals surface area contributed by atoms with Crippen molar-refractivity contribution in [2.75, 3.05) is 23.7 Å². The molecule has 1 aromatic heterocycles.